The molecule has 0 aromatic heterocycles. The minimum Gasteiger partial charge on any atom is -0.366 e. The van der Waals surface area contributed by atoms with Crippen molar-refractivity contribution in [2.24, 2.45) is 0 Å². The third-order valence-corrected chi connectivity index (χ3v) is 6.19. The molecule has 2 aromatic carbocycles. The van der Waals surface area contributed by atoms with Crippen molar-refractivity contribution in [1.82, 2.24) is 15.5 Å². The molecule has 0 saturated heterocycles. The van der Waals surface area contributed by atoms with Crippen LogP contribution in [-0.4, -0.2) is 17.6 Å². The second-order valence-corrected chi connectivity index (χ2v) is 8.75. The van der Waals surface area contributed by atoms with E-state index in [1.54, 1.807) is 0 Å². The van der Waals surface area contributed by atoms with E-state index in [2.05, 4.69) is 78.4 Å². The fourth-order valence-corrected chi connectivity index (χ4v) is 4.59. The number of hydrogen-bond donors (Lipinski definition) is 2. The van der Waals surface area contributed by atoms with Gasteiger partial charge in [0.15, 0.2) is 0 Å². The first-order chi connectivity index (χ1) is 14.4. The van der Waals surface area contributed by atoms with Crippen LogP contribution in [0.1, 0.15) is 37.5 Å². The highest BCUT2D eigenvalue weighted by Gasteiger charge is 2.27. The van der Waals surface area contributed by atoms with Gasteiger partial charge in [-0.2, -0.15) is 0 Å². The SMILES string of the molecule is C=C(C)/C=C\C1=C(C)NC(CN2Cc3cccc(-c4ccc(CC)cc4Cl)c3C2)N1. The van der Waals surface area contributed by atoms with E-state index in [9.17, 15) is 0 Å². The van der Waals surface area contributed by atoms with Gasteiger partial charge in [0.2, 0.25) is 0 Å². The highest BCUT2D eigenvalue weighted by molar-refractivity contribution is 6.33. The van der Waals surface area contributed by atoms with Gasteiger partial charge < -0.3 is 10.6 Å². The summed E-state index contributed by atoms with van der Waals surface area (Å²) in [7, 11) is 0. The molecular formula is C26H30ClN3. The van der Waals surface area contributed by atoms with Crippen molar-refractivity contribution in [2.45, 2.75) is 46.4 Å². The molecule has 2 N–H and O–H groups in total. The molecule has 0 fully saturated rings. The number of halogens is 1. The van der Waals surface area contributed by atoms with Crippen LogP contribution < -0.4 is 10.6 Å². The maximum atomic E-state index is 6.65. The zero-order valence-electron chi connectivity index (χ0n) is 18.1. The number of allylic oxidation sites excluding steroid dienone is 4. The average Bonchev–Trinajstić information content (AvgIpc) is 3.28. The molecule has 0 radical (unpaired) electrons. The monoisotopic (exact) mass is 419 g/mol. The normalized spacial score (nSPS) is 18.6. The molecule has 0 bridgehead atoms. The van der Waals surface area contributed by atoms with Crippen molar-refractivity contribution in [3.8, 4) is 11.1 Å². The van der Waals surface area contributed by atoms with Gasteiger partial charge in [-0.3, -0.25) is 4.90 Å². The topological polar surface area (TPSA) is 27.3 Å². The van der Waals surface area contributed by atoms with E-state index in [1.807, 2.05) is 13.0 Å². The Morgan fingerprint density at radius 3 is 2.77 bits per heavy atom. The first kappa shape index (κ1) is 20.8. The van der Waals surface area contributed by atoms with Gasteiger partial charge >= 0.3 is 0 Å². The smallest absolute Gasteiger partial charge is 0.109 e. The van der Waals surface area contributed by atoms with Gasteiger partial charge in [-0.05, 0) is 54.7 Å². The number of fused-ring (bicyclic) bond motifs is 1. The number of benzene rings is 2. The minimum absolute atomic E-state index is 0.208. The molecule has 156 valence electrons. The largest absolute Gasteiger partial charge is 0.366 e. The summed E-state index contributed by atoms with van der Waals surface area (Å²) in [4.78, 5) is 2.49. The Balaban J connectivity index is 1.47. The molecule has 2 aliphatic rings. The number of rotatable bonds is 6. The Bertz CT molecular complexity index is 1030. The van der Waals surface area contributed by atoms with Crippen LogP contribution in [0.15, 0.2) is 72.1 Å². The standard InChI is InChI=1S/C26H30ClN3/c1-5-19-10-11-22(24(27)13-19)21-8-6-7-20-14-30(15-23(20)21)16-26-28-18(4)25(29-26)12-9-17(2)3/h6-13,26,28-29H,2,5,14-16H2,1,3-4H3/b12-9-. The maximum absolute atomic E-state index is 6.65. The lowest BCUT2D eigenvalue weighted by atomic mass is 9.96. The Hall–Kier alpha value is -2.49. The Kier molecular flexibility index (Phi) is 6.03. The molecule has 0 aliphatic carbocycles. The quantitative estimate of drug-likeness (QED) is 0.582. The zero-order valence-corrected chi connectivity index (χ0v) is 18.8. The minimum atomic E-state index is 0.208. The van der Waals surface area contributed by atoms with Gasteiger partial charge in [0.25, 0.3) is 0 Å². The maximum Gasteiger partial charge on any atom is 0.109 e. The summed E-state index contributed by atoms with van der Waals surface area (Å²) in [5.41, 5.74) is 9.83. The zero-order chi connectivity index (χ0) is 21.3. The lowest BCUT2D eigenvalue weighted by Crippen LogP contribution is -2.42. The van der Waals surface area contributed by atoms with Crippen LogP contribution in [0.25, 0.3) is 11.1 Å². The first-order valence-electron chi connectivity index (χ1n) is 10.6. The molecule has 0 amide bonds. The molecule has 2 aliphatic heterocycles. The van der Waals surface area contributed by atoms with E-state index in [0.717, 1.165) is 47.9 Å². The predicted octanol–water partition coefficient (Wildman–Crippen LogP) is 5.77. The summed E-state index contributed by atoms with van der Waals surface area (Å²) in [5, 5.41) is 8.01. The third kappa shape index (κ3) is 4.33. The van der Waals surface area contributed by atoms with Gasteiger partial charge in [-0.25, -0.2) is 0 Å². The summed E-state index contributed by atoms with van der Waals surface area (Å²) in [6.45, 7) is 13.0. The Morgan fingerprint density at radius 2 is 2.03 bits per heavy atom. The number of aryl methyl sites for hydroxylation is 1. The van der Waals surface area contributed by atoms with Crippen LogP contribution in [0.5, 0.6) is 0 Å². The lowest BCUT2D eigenvalue weighted by molar-refractivity contribution is 0.249. The van der Waals surface area contributed by atoms with Gasteiger partial charge in [0.1, 0.15) is 6.17 Å². The number of nitrogens with zero attached hydrogens (tertiary/aromatic N) is 1. The van der Waals surface area contributed by atoms with Crippen molar-refractivity contribution in [3.05, 3.63) is 93.8 Å². The van der Waals surface area contributed by atoms with Crippen LogP contribution >= 0.6 is 11.6 Å². The summed E-state index contributed by atoms with van der Waals surface area (Å²) >= 11 is 6.65. The molecule has 2 heterocycles. The molecule has 0 saturated carbocycles. The van der Waals surface area contributed by atoms with Crippen LogP contribution in [0.4, 0.5) is 0 Å². The molecule has 1 atom stereocenters. The van der Waals surface area contributed by atoms with Gasteiger partial charge in [-0.1, -0.05) is 67.1 Å². The van der Waals surface area contributed by atoms with Crippen LogP contribution in [0.2, 0.25) is 5.02 Å². The summed E-state index contributed by atoms with van der Waals surface area (Å²) < 4.78 is 0. The van der Waals surface area contributed by atoms with Crippen molar-refractivity contribution >= 4 is 11.6 Å². The highest BCUT2D eigenvalue weighted by Crippen LogP contribution is 2.36. The molecule has 0 spiro atoms. The Labute approximate surface area is 185 Å². The number of hydrogen-bond acceptors (Lipinski definition) is 3. The van der Waals surface area contributed by atoms with Crippen molar-refractivity contribution in [1.29, 1.82) is 0 Å². The van der Waals surface area contributed by atoms with E-state index in [-0.39, 0.29) is 6.17 Å². The lowest BCUT2D eigenvalue weighted by Gasteiger charge is -2.21. The van der Waals surface area contributed by atoms with E-state index in [0.29, 0.717) is 0 Å². The van der Waals surface area contributed by atoms with E-state index < -0.39 is 0 Å². The van der Waals surface area contributed by atoms with E-state index >= 15 is 0 Å². The predicted molar refractivity (Wildman–Crippen MR) is 127 cm³/mol. The van der Waals surface area contributed by atoms with Gasteiger partial charge in [0.05, 0.1) is 5.70 Å². The highest BCUT2D eigenvalue weighted by atomic mass is 35.5. The Morgan fingerprint density at radius 1 is 1.20 bits per heavy atom. The summed E-state index contributed by atoms with van der Waals surface area (Å²) in [6.07, 6.45) is 5.35. The van der Waals surface area contributed by atoms with E-state index in [4.69, 9.17) is 11.6 Å². The van der Waals surface area contributed by atoms with Crippen molar-refractivity contribution in [2.75, 3.05) is 6.54 Å². The second kappa shape index (κ2) is 8.71. The fourth-order valence-electron chi connectivity index (χ4n) is 4.29. The number of nitrogens with one attached hydrogen (secondary N) is 2. The van der Waals surface area contributed by atoms with Gasteiger partial charge in [-0.15, -0.1) is 0 Å². The average molecular weight is 420 g/mol. The molecular weight excluding hydrogens is 390 g/mol. The summed E-state index contributed by atoms with van der Waals surface area (Å²) in [6, 6.07) is 13.1. The third-order valence-electron chi connectivity index (χ3n) is 5.88. The van der Waals surface area contributed by atoms with Crippen LogP contribution in [-0.2, 0) is 19.5 Å². The molecule has 1 unspecified atom stereocenters. The molecule has 3 nitrogen and oxygen atoms in total. The molecule has 4 rings (SSSR count). The van der Waals surface area contributed by atoms with Crippen molar-refractivity contribution < 1.29 is 0 Å². The molecule has 30 heavy (non-hydrogen) atoms. The van der Waals surface area contributed by atoms with E-state index in [1.165, 1.54) is 28.0 Å². The fraction of sp³-hybridized carbons (Fsp3) is 0.308. The van der Waals surface area contributed by atoms with Gasteiger partial charge in [0, 0.05) is 35.9 Å². The van der Waals surface area contributed by atoms with Crippen molar-refractivity contribution in [3.63, 3.8) is 0 Å². The first-order valence-corrected chi connectivity index (χ1v) is 11.0. The molecule has 2 aromatic rings. The van der Waals surface area contributed by atoms with Crippen LogP contribution in [0, 0.1) is 0 Å². The van der Waals surface area contributed by atoms with Crippen LogP contribution in [0.3, 0.4) is 0 Å². The second-order valence-electron chi connectivity index (χ2n) is 8.34. The summed E-state index contributed by atoms with van der Waals surface area (Å²) in [5.74, 6) is 0. The molecule has 4 heteroatoms.